The highest BCUT2D eigenvalue weighted by molar-refractivity contribution is 5.75. The molecule has 2 aromatic heterocycles. The van der Waals surface area contributed by atoms with Crippen molar-refractivity contribution in [1.82, 2.24) is 24.9 Å². The second-order valence-electron chi connectivity index (χ2n) is 8.20. The van der Waals surface area contributed by atoms with Crippen LogP contribution >= 0.6 is 0 Å². The summed E-state index contributed by atoms with van der Waals surface area (Å²) >= 11 is 0. The fraction of sp³-hybridized carbons (Fsp3) is 0.571. The number of nitrogens with zero attached hydrogens (tertiary/aromatic N) is 5. The zero-order chi connectivity index (χ0) is 22.1. The van der Waals surface area contributed by atoms with Crippen molar-refractivity contribution in [3.8, 4) is 17.1 Å². The summed E-state index contributed by atoms with van der Waals surface area (Å²) in [7, 11) is 3.43. The number of aliphatic carboxylic acids is 1. The normalized spacial score (nSPS) is 23.8. The standard InChI is InChI=1S/C21H27N5O5/c1-4-9-25(2)21(29)30-11-15-19(23-24-26(15)3)14-7-5-12(10-22-14)31-16-8-6-13-17(16)18(13)20(27)28/h5,7,10,13,16-18H,4,6,8-9,11H2,1-3H3,(H,27,28)/t13?,16-,17-,18-/m1/s1. The molecule has 1 amide bonds. The van der Waals surface area contributed by atoms with Gasteiger partial charge in [0.1, 0.15) is 29.8 Å². The van der Waals surface area contributed by atoms with Crippen LogP contribution in [0.1, 0.15) is 31.9 Å². The first-order chi connectivity index (χ1) is 14.9. The SMILES string of the molecule is CCCN(C)C(=O)OCc1c(-c2ccc(O[C@@H]3CCC4[C@H]3[C@@H]4C(=O)O)cn2)nnn1C. The molecule has 0 saturated heterocycles. The van der Waals surface area contributed by atoms with E-state index in [1.807, 2.05) is 6.92 Å². The lowest BCUT2D eigenvalue weighted by Crippen LogP contribution is -2.28. The van der Waals surface area contributed by atoms with E-state index in [9.17, 15) is 14.7 Å². The topological polar surface area (TPSA) is 120 Å². The van der Waals surface area contributed by atoms with Crippen molar-refractivity contribution in [2.24, 2.45) is 24.8 Å². The second kappa shape index (κ2) is 8.52. The first-order valence-corrected chi connectivity index (χ1v) is 10.5. The largest absolute Gasteiger partial charge is 0.488 e. The Morgan fingerprint density at radius 2 is 2.13 bits per heavy atom. The Morgan fingerprint density at radius 3 is 2.77 bits per heavy atom. The Morgan fingerprint density at radius 1 is 1.32 bits per heavy atom. The number of hydrogen-bond donors (Lipinski definition) is 1. The molecule has 166 valence electrons. The van der Waals surface area contributed by atoms with Crippen molar-refractivity contribution in [1.29, 1.82) is 0 Å². The van der Waals surface area contributed by atoms with Gasteiger partial charge in [-0.15, -0.1) is 5.10 Å². The van der Waals surface area contributed by atoms with Crippen molar-refractivity contribution in [3.05, 3.63) is 24.0 Å². The van der Waals surface area contributed by atoms with Gasteiger partial charge in [0.2, 0.25) is 0 Å². The van der Waals surface area contributed by atoms with Crippen LogP contribution in [0, 0.1) is 17.8 Å². The number of carboxylic acids is 1. The van der Waals surface area contributed by atoms with E-state index < -0.39 is 12.1 Å². The van der Waals surface area contributed by atoms with Crippen LogP contribution in [0.4, 0.5) is 4.79 Å². The Hall–Kier alpha value is -3.17. The second-order valence-corrected chi connectivity index (χ2v) is 8.20. The molecular formula is C21H27N5O5. The average molecular weight is 429 g/mol. The first kappa shape index (κ1) is 21.1. The van der Waals surface area contributed by atoms with E-state index in [0.29, 0.717) is 29.4 Å². The van der Waals surface area contributed by atoms with E-state index in [-0.39, 0.29) is 30.5 Å². The number of aryl methyl sites for hydroxylation is 1. The lowest BCUT2D eigenvalue weighted by molar-refractivity contribution is -0.139. The highest BCUT2D eigenvalue weighted by Gasteiger charge is 2.62. The number of hydrogen-bond acceptors (Lipinski definition) is 7. The number of fused-ring (bicyclic) bond motifs is 1. The molecule has 0 bridgehead atoms. The number of carbonyl (C=O) groups excluding carboxylic acids is 1. The number of rotatable bonds is 8. The molecule has 2 saturated carbocycles. The maximum absolute atomic E-state index is 12.1. The molecule has 10 heteroatoms. The molecule has 2 aromatic rings. The third-order valence-corrected chi connectivity index (χ3v) is 6.14. The minimum absolute atomic E-state index is 0.0351. The summed E-state index contributed by atoms with van der Waals surface area (Å²) in [5.41, 5.74) is 1.77. The lowest BCUT2D eigenvalue weighted by Gasteiger charge is -2.16. The monoisotopic (exact) mass is 429 g/mol. The molecule has 31 heavy (non-hydrogen) atoms. The molecule has 2 aliphatic rings. The van der Waals surface area contributed by atoms with Crippen LogP contribution < -0.4 is 4.74 Å². The quantitative estimate of drug-likeness (QED) is 0.679. The molecule has 4 rings (SSSR count). The van der Waals surface area contributed by atoms with Gasteiger partial charge in [0.15, 0.2) is 0 Å². The van der Waals surface area contributed by atoms with Crippen LogP contribution in [-0.2, 0) is 23.2 Å². The summed E-state index contributed by atoms with van der Waals surface area (Å²) in [6.07, 6.45) is 3.74. The molecule has 2 fully saturated rings. The van der Waals surface area contributed by atoms with Crippen molar-refractivity contribution < 1.29 is 24.2 Å². The highest BCUT2D eigenvalue weighted by atomic mass is 16.6. The summed E-state index contributed by atoms with van der Waals surface area (Å²) in [5.74, 6) is -0.0514. The van der Waals surface area contributed by atoms with Crippen LogP contribution in [0.5, 0.6) is 5.75 Å². The van der Waals surface area contributed by atoms with E-state index >= 15 is 0 Å². The minimum Gasteiger partial charge on any atom is -0.488 e. The Labute approximate surface area is 180 Å². The van der Waals surface area contributed by atoms with Crippen molar-refractivity contribution in [2.45, 2.75) is 38.9 Å². The van der Waals surface area contributed by atoms with E-state index in [1.54, 1.807) is 37.1 Å². The van der Waals surface area contributed by atoms with Gasteiger partial charge < -0.3 is 19.5 Å². The predicted octanol–water partition coefficient (Wildman–Crippen LogP) is 2.34. The van der Waals surface area contributed by atoms with Gasteiger partial charge in [0.05, 0.1) is 17.8 Å². The molecule has 4 atom stereocenters. The van der Waals surface area contributed by atoms with Gasteiger partial charge in [-0.2, -0.15) is 0 Å². The zero-order valence-corrected chi connectivity index (χ0v) is 17.9. The predicted molar refractivity (Wildman–Crippen MR) is 109 cm³/mol. The number of aromatic nitrogens is 4. The third kappa shape index (κ3) is 4.19. The summed E-state index contributed by atoms with van der Waals surface area (Å²) in [6, 6.07) is 3.58. The van der Waals surface area contributed by atoms with Crippen molar-refractivity contribution >= 4 is 12.1 Å². The molecular weight excluding hydrogens is 402 g/mol. The molecule has 0 aromatic carbocycles. The number of pyridine rings is 1. The lowest BCUT2D eigenvalue weighted by atomic mass is 10.1. The summed E-state index contributed by atoms with van der Waals surface area (Å²) in [4.78, 5) is 29.3. The van der Waals surface area contributed by atoms with Crippen LogP contribution in [0.25, 0.3) is 11.4 Å². The van der Waals surface area contributed by atoms with Gasteiger partial charge in [0.25, 0.3) is 0 Å². The highest BCUT2D eigenvalue weighted by Crippen LogP contribution is 2.58. The molecule has 10 nitrogen and oxygen atoms in total. The van der Waals surface area contributed by atoms with E-state index in [2.05, 4.69) is 15.3 Å². The Kier molecular flexibility index (Phi) is 5.79. The van der Waals surface area contributed by atoms with Crippen LogP contribution in [0.15, 0.2) is 18.3 Å². The van der Waals surface area contributed by atoms with E-state index in [4.69, 9.17) is 9.47 Å². The smallest absolute Gasteiger partial charge is 0.409 e. The number of amides is 1. The molecule has 2 aliphatic carbocycles. The summed E-state index contributed by atoms with van der Waals surface area (Å²) in [5, 5.41) is 17.5. The first-order valence-electron chi connectivity index (χ1n) is 10.5. The summed E-state index contributed by atoms with van der Waals surface area (Å²) in [6.45, 7) is 2.65. The van der Waals surface area contributed by atoms with Crippen LogP contribution in [0.2, 0.25) is 0 Å². The minimum atomic E-state index is -0.728. The number of carboxylic acid groups (broad SMARTS) is 1. The fourth-order valence-corrected chi connectivity index (χ4v) is 4.48. The van der Waals surface area contributed by atoms with Gasteiger partial charge in [-0.25, -0.2) is 9.48 Å². The molecule has 1 unspecified atom stereocenters. The fourth-order valence-electron chi connectivity index (χ4n) is 4.48. The maximum Gasteiger partial charge on any atom is 0.409 e. The van der Waals surface area contributed by atoms with Gasteiger partial charge in [0, 0.05) is 26.6 Å². The van der Waals surface area contributed by atoms with Gasteiger partial charge >= 0.3 is 12.1 Å². The Balaban J connectivity index is 1.40. The molecule has 0 aliphatic heterocycles. The van der Waals surface area contributed by atoms with E-state index in [1.165, 1.54) is 4.90 Å². The summed E-state index contributed by atoms with van der Waals surface area (Å²) < 4.78 is 13.0. The van der Waals surface area contributed by atoms with Gasteiger partial charge in [-0.3, -0.25) is 9.78 Å². The molecule has 2 heterocycles. The number of carbonyl (C=O) groups is 2. The number of ether oxygens (including phenoxy) is 2. The molecule has 1 N–H and O–H groups in total. The van der Waals surface area contributed by atoms with Gasteiger partial charge in [-0.1, -0.05) is 12.1 Å². The van der Waals surface area contributed by atoms with Crippen LogP contribution in [-0.4, -0.2) is 61.7 Å². The van der Waals surface area contributed by atoms with Crippen molar-refractivity contribution in [3.63, 3.8) is 0 Å². The molecule has 0 spiro atoms. The maximum atomic E-state index is 12.1. The van der Waals surface area contributed by atoms with E-state index in [0.717, 1.165) is 19.3 Å². The van der Waals surface area contributed by atoms with Gasteiger partial charge in [-0.05, 0) is 37.3 Å². The third-order valence-electron chi connectivity index (χ3n) is 6.14. The van der Waals surface area contributed by atoms with Crippen LogP contribution in [0.3, 0.4) is 0 Å². The molecule has 0 radical (unpaired) electrons. The zero-order valence-electron chi connectivity index (χ0n) is 17.9. The van der Waals surface area contributed by atoms with Crippen molar-refractivity contribution in [2.75, 3.05) is 13.6 Å². The average Bonchev–Trinajstić information content (AvgIpc) is 3.17. The Bertz CT molecular complexity index is 960.